The Morgan fingerprint density at radius 3 is 2.41 bits per heavy atom. The van der Waals surface area contributed by atoms with E-state index >= 15 is 0 Å². The third kappa shape index (κ3) is 3.47. The number of hydrogen-bond acceptors (Lipinski definition) is 2. The highest BCUT2D eigenvalue weighted by Crippen LogP contribution is 2.29. The van der Waals surface area contributed by atoms with Crippen LogP contribution in [0.15, 0.2) is 23.2 Å². The first-order valence-electron chi connectivity index (χ1n) is 6.19. The Morgan fingerprint density at radius 1 is 1.12 bits per heavy atom. The van der Waals surface area contributed by atoms with Crippen LogP contribution in [0, 0.1) is 0 Å². The summed E-state index contributed by atoms with van der Waals surface area (Å²) in [4.78, 5) is 4.69. The molecule has 1 aromatic rings. The Hall–Kier alpha value is -1.02. The van der Waals surface area contributed by atoms with Gasteiger partial charge in [-0.1, -0.05) is 24.4 Å². The third-order valence-corrected chi connectivity index (χ3v) is 3.40. The summed E-state index contributed by atoms with van der Waals surface area (Å²) in [5.74, 6) is 0.705. The van der Waals surface area contributed by atoms with Gasteiger partial charge in [-0.15, -0.1) is 0 Å². The van der Waals surface area contributed by atoms with Crippen molar-refractivity contribution in [3.05, 3.63) is 23.2 Å². The first kappa shape index (κ1) is 12.4. The van der Waals surface area contributed by atoms with Crippen LogP contribution in [-0.4, -0.2) is 12.8 Å². The van der Waals surface area contributed by atoms with E-state index in [1.165, 1.54) is 31.4 Å². The highest BCUT2D eigenvalue weighted by molar-refractivity contribution is 6.32. The Labute approximate surface area is 108 Å². The molecule has 1 aliphatic carbocycles. The zero-order valence-electron chi connectivity index (χ0n) is 10.2. The Kier molecular flexibility index (Phi) is 4.43. The van der Waals surface area contributed by atoms with Crippen molar-refractivity contribution >= 4 is 23.0 Å². The van der Waals surface area contributed by atoms with Crippen LogP contribution in [0.25, 0.3) is 0 Å². The van der Waals surface area contributed by atoms with Crippen molar-refractivity contribution in [1.82, 2.24) is 0 Å². The van der Waals surface area contributed by atoms with Crippen LogP contribution >= 0.6 is 11.6 Å². The predicted molar refractivity (Wildman–Crippen MR) is 72.8 cm³/mol. The standard InChI is InChI=1S/C14H18ClNO/c1-17-14-9-8-12(10-13(14)15)16-11-6-4-2-3-5-7-11/h8-10H,2-7H2,1H3. The van der Waals surface area contributed by atoms with Gasteiger partial charge in [0.1, 0.15) is 5.75 Å². The molecule has 0 aromatic heterocycles. The van der Waals surface area contributed by atoms with Crippen LogP contribution < -0.4 is 4.74 Å². The lowest BCUT2D eigenvalue weighted by atomic mass is 10.2. The van der Waals surface area contributed by atoms with Gasteiger partial charge in [0.15, 0.2) is 0 Å². The molecule has 0 saturated heterocycles. The second-order valence-corrected chi connectivity index (χ2v) is 4.82. The lowest BCUT2D eigenvalue weighted by Gasteiger charge is -2.05. The summed E-state index contributed by atoms with van der Waals surface area (Å²) in [5.41, 5.74) is 2.25. The SMILES string of the molecule is COc1ccc(N=C2CCCCCC2)cc1Cl. The minimum atomic E-state index is 0.628. The fraction of sp³-hybridized carbons (Fsp3) is 0.500. The van der Waals surface area contributed by atoms with E-state index in [-0.39, 0.29) is 0 Å². The van der Waals surface area contributed by atoms with Crippen molar-refractivity contribution in [2.24, 2.45) is 4.99 Å². The van der Waals surface area contributed by atoms with Crippen molar-refractivity contribution in [3.8, 4) is 5.75 Å². The van der Waals surface area contributed by atoms with Crippen LogP contribution in [0.3, 0.4) is 0 Å². The Balaban J connectivity index is 2.16. The van der Waals surface area contributed by atoms with Gasteiger partial charge in [-0.25, -0.2) is 0 Å². The van der Waals surface area contributed by atoms with E-state index in [1.54, 1.807) is 7.11 Å². The Bertz CT molecular complexity index is 405. The number of halogens is 1. The number of hydrogen-bond donors (Lipinski definition) is 0. The summed E-state index contributed by atoms with van der Waals surface area (Å²) in [6, 6.07) is 5.71. The van der Waals surface area contributed by atoms with Gasteiger partial charge in [0.05, 0.1) is 17.8 Å². The topological polar surface area (TPSA) is 21.6 Å². The quantitative estimate of drug-likeness (QED) is 0.694. The zero-order chi connectivity index (χ0) is 12.1. The maximum Gasteiger partial charge on any atom is 0.137 e. The fourth-order valence-electron chi connectivity index (χ4n) is 2.16. The molecule has 0 atom stereocenters. The van der Waals surface area contributed by atoms with Crippen LogP contribution in [-0.2, 0) is 0 Å². The molecule has 0 heterocycles. The van der Waals surface area contributed by atoms with Crippen molar-refractivity contribution in [2.75, 3.05) is 7.11 Å². The van der Waals surface area contributed by atoms with Gasteiger partial charge in [0.25, 0.3) is 0 Å². The van der Waals surface area contributed by atoms with Gasteiger partial charge < -0.3 is 4.74 Å². The van der Waals surface area contributed by atoms with Crippen molar-refractivity contribution in [1.29, 1.82) is 0 Å². The predicted octanol–water partition coefficient (Wildman–Crippen LogP) is 4.78. The second-order valence-electron chi connectivity index (χ2n) is 4.41. The highest BCUT2D eigenvalue weighted by atomic mass is 35.5. The van der Waals surface area contributed by atoms with E-state index in [0.717, 1.165) is 18.5 Å². The monoisotopic (exact) mass is 251 g/mol. The molecule has 1 aliphatic rings. The van der Waals surface area contributed by atoms with Gasteiger partial charge in [-0.2, -0.15) is 0 Å². The largest absolute Gasteiger partial charge is 0.495 e. The number of benzene rings is 1. The molecular weight excluding hydrogens is 234 g/mol. The molecule has 1 saturated carbocycles. The molecule has 3 heteroatoms. The fourth-order valence-corrected chi connectivity index (χ4v) is 2.41. The minimum Gasteiger partial charge on any atom is -0.495 e. The van der Waals surface area contributed by atoms with Crippen LogP contribution in [0.5, 0.6) is 5.75 Å². The van der Waals surface area contributed by atoms with Crippen LogP contribution in [0.4, 0.5) is 5.69 Å². The van der Waals surface area contributed by atoms with Gasteiger partial charge in [0.2, 0.25) is 0 Å². The Morgan fingerprint density at radius 2 is 1.82 bits per heavy atom. The first-order valence-corrected chi connectivity index (χ1v) is 6.57. The van der Waals surface area contributed by atoms with E-state index in [1.807, 2.05) is 18.2 Å². The molecule has 0 radical (unpaired) electrons. The van der Waals surface area contributed by atoms with E-state index < -0.39 is 0 Å². The zero-order valence-corrected chi connectivity index (χ0v) is 11.0. The number of methoxy groups -OCH3 is 1. The molecule has 2 nitrogen and oxygen atoms in total. The number of aliphatic imine (C=N–C) groups is 1. The van der Waals surface area contributed by atoms with E-state index in [0.29, 0.717) is 10.8 Å². The van der Waals surface area contributed by atoms with Crippen molar-refractivity contribution < 1.29 is 4.74 Å². The third-order valence-electron chi connectivity index (χ3n) is 3.10. The summed E-state index contributed by atoms with van der Waals surface area (Å²) < 4.78 is 5.13. The maximum absolute atomic E-state index is 6.09. The van der Waals surface area contributed by atoms with Crippen molar-refractivity contribution in [2.45, 2.75) is 38.5 Å². The van der Waals surface area contributed by atoms with Crippen LogP contribution in [0.2, 0.25) is 5.02 Å². The van der Waals surface area contributed by atoms with E-state index in [4.69, 9.17) is 21.3 Å². The van der Waals surface area contributed by atoms with Gasteiger partial charge in [-0.05, 0) is 43.9 Å². The molecule has 0 N–H and O–H groups in total. The van der Waals surface area contributed by atoms with Crippen molar-refractivity contribution in [3.63, 3.8) is 0 Å². The van der Waals surface area contributed by atoms with Gasteiger partial charge in [-0.3, -0.25) is 4.99 Å². The van der Waals surface area contributed by atoms with E-state index in [9.17, 15) is 0 Å². The molecule has 0 aliphatic heterocycles. The van der Waals surface area contributed by atoms with Gasteiger partial charge in [0, 0.05) is 5.71 Å². The molecule has 1 fully saturated rings. The molecule has 0 spiro atoms. The summed E-state index contributed by atoms with van der Waals surface area (Å²) in [5, 5.41) is 0.628. The van der Waals surface area contributed by atoms with Crippen LogP contribution in [0.1, 0.15) is 38.5 Å². The summed E-state index contributed by atoms with van der Waals surface area (Å²) in [7, 11) is 1.62. The van der Waals surface area contributed by atoms with E-state index in [2.05, 4.69) is 0 Å². The normalized spacial score (nSPS) is 16.5. The second kappa shape index (κ2) is 6.06. The lowest BCUT2D eigenvalue weighted by Crippen LogP contribution is -1.94. The molecule has 92 valence electrons. The number of nitrogens with zero attached hydrogens (tertiary/aromatic N) is 1. The summed E-state index contributed by atoms with van der Waals surface area (Å²) >= 11 is 6.09. The summed E-state index contributed by atoms with van der Waals surface area (Å²) in [6.07, 6.45) is 7.46. The molecule has 1 aromatic carbocycles. The average Bonchev–Trinajstić information content (AvgIpc) is 2.58. The first-order chi connectivity index (χ1) is 8.29. The molecule has 2 rings (SSSR count). The number of rotatable bonds is 2. The van der Waals surface area contributed by atoms with Gasteiger partial charge >= 0.3 is 0 Å². The summed E-state index contributed by atoms with van der Waals surface area (Å²) in [6.45, 7) is 0. The lowest BCUT2D eigenvalue weighted by molar-refractivity contribution is 0.415. The molecule has 0 unspecified atom stereocenters. The smallest absolute Gasteiger partial charge is 0.137 e. The minimum absolute atomic E-state index is 0.628. The maximum atomic E-state index is 6.09. The number of ether oxygens (including phenoxy) is 1. The molecule has 0 amide bonds. The molecule has 17 heavy (non-hydrogen) atoms. The highest BCUT2D eigenvalue weighted by Gasteiger charge is 2.06. The molecule has 0 bridgehead atoms. The molecular formula is C14H18ClNO. The average molecular weight is 252 g/mol.